The average molecular weight is 536 g/mol. The van der Waals surface area contributed by atoms with E-state index in [1.54, 1.807) is 24.3 Å². The smallest absolute Gasteiger partial charge is 0.246 e. The molecule has 0 saturated carbocycles. The number of ether oxygens (including phenoxy) is 1. The molecule has 2 aromatic rings. The third-order valence-corrected chi connectivity index (χ3v) is 7.82. The van der Waals surface area contributed by atoms with Crippen LogP contribution in [0, 0.1) is 5.92 Å². The van der Waals surface area contributed by atoms with Gasteiger partial charge in [-0.05, 0) is 73.6 Å². The quantitative estimate of drug-likeness (QED) is 0.419. The first-order chi connectivity index (χ1) is 18.8. The first-order valence-electron chi connectivity index (χ1n) is 14.1. The van der Waals surface area contributed by atoms with Gasteiger partial charge in [0.15, 0.2) is 5.78 Å². The van der Waals surface area contributed by atoms with Crippen molar-refractivity contribution in [3.63, 3.8) is 0 Å². The van der Waals surface area contributed by atoms with E-state index in [9.17, 15) is 14.4 Å². The molecule has 2 fully saturated rings. The standard InChI is InChI=1S/C31H41N3O5/c1-4-5-16-34-29(37)27(19-22(2)3)32-30(38)31(34)14-17-33(18-15-31)20-23-6-10-25(11-7-23)39-26-12-8-24(9-13-26)28(36)21-35/h6-13,22,27,35H,4-5,14-21H2,1-3H3,(H,32,38)/t27-/m0/s1. The average Bonchev–Trinajstić information content (AvgIpc) is 2.93. The van der Waals surface area contributed by atoms with Crippen LogP contribution in [0.5, 0.6) is 11.5 Å². The molecule has 210 valence electrons. The molecule has 4 rings (SSSR count). The summed E-state index contributed by atoms with van der Waals surface area (Å²) >= 11 is 0. The molecule has 0 aromatic heterocycles. The largest absolute Gasteiger partial charge is 0.457 e. The molecule has 2 aromatic carbocycles. The molecule has 2 N–H and O–H groups in total. The van der Waals surface area contributed by atoms with Crippen LogP contribution in [0.1, 0.15) is 68.8 Å². The summed E-state index contributed by atoms with van der Waals surface area (Å²) in [6, 6.07) is 14.2. The van der Waals surface area contributed by atoms with Crippen molar-refractivity contribution in [2.75, 3.05) is 26.2 Å². The van der Waals surface area contributed by atoms with E-state index < -0.39 is 18.2 Å². The summed E-state index contributed by atoms with van der Waals surface area (Å²) in [5.74, 6) is 1.41. The van der Waals surface area contributed by atoms with Gasteiger partial charge < -0.3 is 20.1 Å². The van der Waals surface area contributed by atoms with Gasteiger partial charge in [-0.25, -0.2) is 0 Å². The number of ketones is 1. The number of hydrogen-bond donors (Lipinski definition) is 2. The summed E-state index contributed by atoms with van der Waals surface area (Å²) < 4.78 is 5.90. The monoisotopic (exact) mass is 535 g/mol. The van der Waals surface area contributed by atoms with Gasteiger partial charge in [-0.15, -0.1) is 0 Å². The third-order valence-electron chi connectivity index (χ3n) is 7.82. The van der Waals surface area contributed by atoms with Crippen LogP contribution >= 0.6 is 0 Å². The number of aliphatic hydroxyl groups is 1. The van der Waals surface area contributed by atoms with Crippen molar-refractivity contribution in [2.45, 2.75) is 71.0 Å². The number of piperazine rings is 1. The highest BCUT2D eigenvalue weighted by Gasteiger charge is 2.53. The third kappa shape index (κ3) is 6.68. The van der Waals surface area contributed by atoms with Crippen molar-refractivity contribution in [1.82, 2.24) is 15.1 Å². The zero-order chi connectivity index (χ0) is 28.0. The summed E-state index contributed by atoms with van der Waals surface area (Å²) in [4.78, 5) is 42.7. The van der Waals surface area contributed by atoms with E-state index >= 15 is 0 Å². The second-order valence-corrected chi connectivity index (χ2v) is 11.2. The van der Waals surface area contributed by atoms with Crippen molar-refractivity contribution >= 4 is 17.6 Å². The van der Waals surface area contributed by atoms with Crippen LogP contribution < -0.4 is 10.1 Å². The van der Waals surface area contributed by atoms with Gasteiger partial charge >= 0.3 is 0 Å². The number of carbonyl (C=O) groups excluding carboxylic acids is 3. The normalized spacial score (nSPS) is 19.4. The number of Topliss-reactive ketones (excluding diaryl/α,β-unsaturated/α-hetero) is 1. The van der Waals surface area contributed by atoms with Gasteiger partial charge in [0.2, 0.25) is 11.8 Å². The molecule has 2 aliphatic rings. The van der Waals surface area contributed by atoms with Crippen LogP contribution in [0.15, 0.2) is 48.5 Å². The zero-order valence-corrected chi connectivity index (χ0v) is 23.3. The van der Waals surface area contributed by atoms with Crippen molar-refractivity contribution in [1.29, 1.82) is 0 Å². The summed E-state index contributed by atoms with van der Waals surface area (Å²) in [5, 5.41) is 12.1. The van der Waals surface area contributed by atoms with Crippen LogP contribution in [0.3, 0.4) is 0 Å². The fourth-order valence-electron chi connectivity index (χ4n) is 5.58. The van der Waals surface area contributed by atoms with Gasteiger partial charge in [0.1, 0.15) is 29.7 Å². The van der Waals surface area contributed by atoms with Crippen LogP contribution in [0.4, 0.5) is 0 Å². The molecule has 8 nitrogen and oxygen atoms in total. The number of amides is 2. The molecule has 39 heavy (non-hydrogen) atoms. The Kier molecular flexibility index (Phi) is 9.40. The molecule has 2 heterocycles. The number of benzene rings is 2. The first-order valence-corrected chi connectivity index (χ1v) is 14.1. The van der Waals surface area contributed by atoms with Crippen molar-refractivity contribution < 1.29 is 24.2 Å². The van der Waals surface area contributed by atoms with Crippen molar-refractivity contribution in [2.24, 2.45) is 5.92 Å². The predicted octanol–water partition coefficient (Wildman–Crippen LogP) is 4.16. The molecular formula is C31H41N3O5. The molecular weight excluding hydrogens is 494 g/mol. The Balaban J connectivity index is 1.35. The summed E-state index contributed by atoms with van der Waals surface area (Å²) in [6.45, 7) is 8.65. The molecule has 2 aliphatic heterocycles. The number of piperidine rings is 1. The number of likely N-dealkylation sites (tertiary alicyclic amines) is 1. The number of aliphatic hydroxyl groups excluding tert-OH is 1. The number of nitrogens with zero attached hydrogens (tertiary/aromatic N) is 2. The molecule has 2 amide bonds. The van der Waals surface area contributed by atoms with Crippen molar-refractivity contribution in [3.05, 3.63) is 59.7 Å². The van der Waals surface area contributed by atoms with E-state index in [-0.39, 0.29) is 17.6 Å². The second kappa shape index (κ2) is 12.7. The minimum absolute atomic E-state index is 0.0127. The van der Waals surface area contributed by atoms with E-state index in [1.807, 2.05) is 29.2 Å². The second-order valence-electron chi connectivity index (χ2n) is 11.2. The van der Waals surface area contributed by atoms with Crippen LogP contribution in [-0.4, -0.2) is 70.3 Å². The lowest BCUT2D eigenvalue weighted by Gasteiger charge is -2.52. The van der Waals surface area contributed by atoms with Gasteiger partial charge in [-0.2, -0.15) is 0 Å². The lowest BCUT2D eigenvalue weighted by Crippen LogP contribution is -2.73. The highest BCUT2D eigenvalue weighted by molar-refractivity contribution is 6.00. The molecule has 0 unspecified atom stereocenters. The molecule has 0 bridgehead atoms. The Bertz CT molecular complexity index is 1140. The number of hydrogen-bond acceptors (Lipinski definition) is 6. The van der Waals surface area contributed by atoms with Gasteiger partial charge in [-0.1, -0.05) is 39.3 Å². The van der Waals surface area contributed by atoms with Gasteiger partial charge in [0, 0.05) is 31.7 Å². The van der Waals surface area contributed by atoms with E-state index in [4.69, 9.17) is 9.84 Å². The minimum Gasteiger partial charge on any atom is -0.457 e. The Morgan fingerprint density at radius 2 is 1.67 bits per heavy atom. The Morgan fingerprint density at radius 1 is 1.05 bits per heavy atom. The fourth-order valence-corrected chi connectivity index (χ4v) is 5.58. The molecule has 0 radical (unpaired) electrons. The minimum atomic E-state index is -0.745. The predicted molar refractivity (Wildman–Crippen MR) is 150 cm³/mol. The lowest BCUT2D eigenvalue weighted by molar-refractivity contribution is -0.161. The first kappa shape index (κ1) is 28.8. The number of carbonyl (C=O) groups is 3. The SMILES string of the molecule is CCCCN1C(=O)[C@H](CC(C)C)NC(=O)C12CCN(Cc1ccc(Oc3ccc(C(=O)CO)cc3)cc1)CC2. The fraction of sp³-hybridized carbons (Fsp3) is 0.516. The maximum absolute atomic E-state index is 13.4. The highest BCUT2D eigenvalue weighted by atomic mass is 16.5. The van der Waals surface area contributed by atoms with Gasteiger partial charge in [0.25, 0.3) is 0 Å². The van der Waals surface area contributed by atoms with Gasteiger partial charge in [0.05, 0.1) is 0 Å². The van der Waals surface area contributed by atoms with E-state index in [2.05, 4.69) is 31.0 Å². The van der Waals surface area contributed by atoms with Crippen LogP contribution in [0.2, 0.25) is 0 Å². The van der Waals surface area contributed by atoms with Crippen LogP contribution in [0.25, 0.3) is 0 Å². The number of nitrogens with one attached hydrogen (secondary N) is 1. The summed E-state index contributed by atoms with van der Waals surface area (Å²) in [7, 11) is 0. The maximum Gasteiger partial charge on any atom is 0.246 e. The zero-order valence-electron chi connectivity index (χ0n) is 23.3. The number of unbranched alkanes of at least 4 members (excludes halogenated alkanes) is 1. The topological polar surface area (TPSA) is 99.2 Å². The van der Waals surface area contributed by atoms with E-state index in [0.717, 1.165) is 38.0 Å². The van der Waals surface area contributed by atoms with Gasteiger partial charge in [-0.3, -0.25) is 19.3 Å². The molecule has 1 atom stereocenters. The molecule has 1 spiro atoms. The lowest BCUT2D eigenvalue weighted by atomic mass is 9.80. The number of rotatable bonds is 11. The Morgan fingerprint density at radius 3 is 2.23 bits per heavy atom. The highest BCUT2D eigenvalue weighted by Crippen LogP contribution is 2.35. The molecule has 8 heteroatoms. The Labute approximate surface area is 231 Å². The Hall–Kier alpha value is -3.23. The molecule has 0 aliphatic carbocycles. The van der Waals surface area contributed by atoms with E-state index in [1.165, 1.54) is 0 Å². The molecule has 2 saturated heterocycles. The van der Waals surface area contributed by atoms with E-state index in [0.29, 0.717) is 48.8 Å². The summed E-state index contributed by atoms with van der Waals surface area (Å²) in [6.07, 6.45) is 3.83. The van der Waals surface area contributed by atoms with Crippen LogP contribution in [-0.2, 0) is 16.1 Å². The maximum atomic E-state index is 13.4. The van der Waals surface area contributed by atoms with Crippen molar-refractivity contribution in [3.8, 4) is 11.5 Å². The summed E-state index contributed by atoms with van der Waals surface area (Å²) in [5.41, 5.74) is 0.847.